The zero-order valence-electron chi connectivity index (χ0n) is 9.24. The van der Waals surface area contributed by atoms with E-state index in [9.17, 15) is 4.79 Å². The Morgan fingerprint density at radius 1 is 1.29 bits per heavy atom. The van der Waals surface area contributed by atoms with Gasteiger partial charge in [0.15, 0.2) is 11.5 Å². The van der Waals surface area contributed by atoms with Gasteiger partial charge in [0.2, 0.25) is 0 Å². The van der Waals surface area contributed by atoms with Gasteiger partial charge < -0.3 is 14.6 Å². The number of ether oxygens (including phenoxy) is 2. The Bertz CT molecular complexity index is 431. The quantitative estimate of drug-likeness (QED) is 0.899. The van der Waals surface area contributed by atoms with Crippen LogP contribution in [0.15, 0.2) is 12.1 Å². The van der Waals surface area contributed by atoms with E-state index in [-0.39, 0.29) is 6.42 Å². The smallest absolute Gasteiger partial charge is 0.303 e. The van der Waals surface area contributed by atoms with Gasteiger partial charge in [-0.2, -0.15) is 0 Å². The molecule has 1 aromatic rings. The first-order valence-electron chi connectivity index (χ1n) is 5.47. The Morgan fingerprint density at radius 3 is 2.71 bits per heavy atom. The summed E-state index contributed by atoms with van der Waals surface area (Å²) in [6.45, 7) is 0.991. The van der Waals surface area contributed by atoms with Gasteiger partial charge in [0.1, 0.15) is 13.2 Å². The van der Waals surface area contributed by atoms with Crippen molar-refractivity contribution in [3.8, 4) is 11.5 Å². The summed E-state index contributed by atoms with van der Waals surface area (Å²) in [6.07, 6.45) is 1.38. The summed E-state index contributed by atoms with van der Waals surface area (Å²) in [5, 5.41) is 9.13. The van der Waals surface area contributed by atoms with Crippen LogP contribution < -0.4 is 9.47 Å². The average molecular weight is 257 g/mol. The summed E-state index contributed by atoms with van der Waals surface area (Å²) >= 11 is 6.00. The molecular weight excluding hydrogens is 244 g/mol. The molecule has 1 aromatic carbocycles. The summed E-state index contributed by atoms with van der Waals surface area (Å²) < 4.78 is 11.0. The van der Waals surface area contributed by atoms with E-state index in [2.05, 4.69) is 0 Å². The van der Waals surface area contributed by atoms with E-state index in [0.717, 1.165) is 5.56 Å². The van der Waals surface area contributed by atoms with Gasteiger partial charge in [0.05, 0.1) is 5.02 Å². The molecule has 1 N–H and O–H groups in total. The molecule has 1 aliphatic rings. The van der Waals surface area contributed by atoms with E-state index >= 15 is 0 Å². The lowest BCUT2D eigenvalue weighted by atomic mass is 10.1. The largest absolute Gasteiger partial charge is 0.486 e. The van der Waals surface area contributed by atoms with Crippen molar-refractivity contribution in [1.82, 2.24) is 0 Å². The lowest BCUT2D eigenvalue weighted by Crippen LogP contribution is -2.17. The number of benzene rings is 1. The molecular formula is C12H13ClO4. The minimum Gasteiger partial charge on any atom is -0.486 e. The number of halogens is 1. The molecule has 0 unspecified atom stereocenters. The fourth-order valence-electron chi connectivity index (χ4n) is 1.79. The monoisotopic (exact) mass is 256 g/mol. The molecule has 0 fully saturated rings. The Labute approximate surface area is 104 Å². The number of fused-ring (bicyclic) bond motifs is 1. The van der Waals surface area contributed by atoms with Crippen molar-refractivity contribution >= 4 is 17.6 Å². The normalized spacial score (nSPS) is 13.5. The molecule has 0 spiro atoms. The third-order valence-electron chi connectivity index (χ3n) is 2.56. The number of rotatable bonds is 4. The van der Waals surface area contributed by atoms with E-state index < -0.39 is 5.97 Å². The molecule has 17 heavy (non-hydrogen) atoms. The summed E-state index contributed by atoms with van der Waals surface area (Å²) in [7, 11) is 0. The third kappa shape index (κ3) is 2.82. The van der Waals surface area contributed by atoms with E-state index in [0.29, 0.717) is 42.6 Å². The molecule has 1 heterocycles. The molecule has 0 radical (unpaired) electrons. The van der Waals surface area contributed by atoms with Gasteiger partial charge in [0, 0.05) is 6.42 Å². The zero-order chi connectivity index (χ0) is 12.3. The van der Waals surface area contributed by atoms with E-state index in [1.165, 1.54) is 0 Å². The maximum absolute atomic E-state index is 10.5. The Hall–Kier alpha value is -1.42. The topological polar surface area (TPSA) is 55.8 Å². The van der Waals surface area contributed by atoms with Crippen molar-refractivity contribution in [2.45, 2.75) is 19.3 Å². The van der Waals surface area contributed by atoms with Gasteiger partial charge in [-0.1, -0.05) is 17.7 Å². The predicted molar refractivity (Wildman–Crippen MR) is 63.0 cm³/mol. The highest BCUT2D eigenvalue weighted by Crippen LogP contribution is 2.40. The minimum absolute atomic E-state index is 0.151. The molecule has 1 aliphatic heterocycles. The highest BCUT2D eigenvalue weighted by atomic mass is 35.5. The second kappa shape index (κ2) is 5.27. The van der Waals surface area contributed by atoms with Gasteiger partial charge in [0.25, 0.3) is 0 Å². The first kappa shape index (κ1) is 12.0. The number of hydrogen-bond acceptors (Lipinski definition) is 3. The standard InChI is InChI=1S/C12H13ClO4/c13-9-5-4-8(2-1-3-10(14)15)11-12(9)17-7-6-16-11/h4-5H,1-3,6-7H2,(H,14,15). The zero-order valence-corrected chi connectivity index (χ0v) is 10.00. The minimum atomic E-state index is -0.787. The third-order valence-corrected chi connectivity index (χ3v) is 2.86. The second-order valence-electron chi connectivity index (χ2n) is 3.81. The van der Waals surface area contributed by atoms with Crippen LogP contribution in [0.1, 0.15) is 18.4 Å². The van der Waals surface area contributed by atoms with Crippen LogP contribution >= 0.6 is 11.6 Å². The molecule has 0 aliphatic carbocycles. The number of carboxylic acids is 1. The SMILES string of the molecule is O=C(O)CCCc1ccc(Cl)c2c1OCCO2. The van der Waals surface area contributed by atoms with Gasteiger partial charge in [-0.3, -0.25) is 4.79 Å². The van der Waals surface area contributed by atoms with Crippen LogP contribution in [-0.2, 0) is 11.2 Å². The molecule has 0 saturated carbocycles. The van der Waals surface area contributed by atoms with Crippen molar-refractivity contribution < 1.29 is 19.4 Å². The summed E-state index contributed by atoms with van der Waals surface area (Å²) in [6, 6.07) is 3.61. The van der Waals surface area contributed by atoms with Gasteiger partial charge in [-0.25, -0.2) is 0 Å². The van der Waals surface area contributed by atoms with Crippen LogP contribution in [0.4, 0.5) is 0 Å². The molecule has 5 heteroatoms. The van der Waals surface area contributed by atoms with Crippen LogP contribution in [0.25, 0.3) is 0 Å². The molecule has 92 valence electrons. The number of hydrogen-bond donors (Lipinski definition) is 1. The molecule has 0 atom stereocenters. The Kier molecular flexibility index (Phi) is 3.74. The van der Waals surface area contributed by atoms with Crippen molar-refractivity contribution in [3.63, 3.8) is 0 Å². The molecule has 4 nitrogen and oxygen atoms in total. The van der Waals surface area contributed by atoms with Crippen molar-refractivity contribution in [2.75, 3.05) is 13.2 Å². The Balaban J connectivity index is 2.14. The van der Waals surface area contributed by atoms with Gasteiger partial charge in [-0.15, -0.1) is 0 Å². The maximum atomic E-state index is 10.5. The first-order valence-corrected chi connectivity index (χ1v) is 5.85. The number of aliphatic carboxylic acids is 1. The molecule has 0 amide bonds. The lowest BCUT2D eigenvalue weighted by Gasteiger charge is -2.22. The fourth-order valence-corrected chi connectivity index (χ4v) is 1.99. The van der Waals surface area contributed by atoms with Crippen molar-refractivity contribution in [1.29, 1.82) is 0 Å². The summed E-state index contributed by atoms with van der Waals surface area (Å²) in [5.74, 6) is 0.449. The lowest BCUT2D eigenvalue weighted by molar-refractivity contribution is -0.137. The van der Waals surface area contributed by atoms with Gasteiger partial charge >= 0.3 is 5.97 Å². The van der Waals surface area contributed by atoms with Crippen LogP contribution in [-0.4, -0.2) is 24.3 Å². The van der Waals surface area contributed by atoms with Crippen LogP contribution in [0.3, 0.4) is 0 Å². The van der Waals surface area contributed by atoms with Crippen LogP contribution in [0, 0.1) is 0 Å². The predicted octanol–water partition coefficient (Wildman–Crippen LogP) is 2.52. The second-order valence-corrected chi connectivity index (χ2v) is 4.22. The first-order chi connectivity index (χ1) is 8.18. The van der Waals surface area contributed by atoms with E-state index in [1.54, 1.807) is 6.07 Å². The van der Waals surface area contributed by atoms with E-state index in [4.69, 9.17) is 26.2 Å². The number of carboxylic acid groups (broad SMARTS) is 1. The highest BCUT2D eigenvalue weighted by Gasteiger charge is 2.19. The molecule has 0 aromatic heterocycles. The average Bonchev–Trinajstić information content (AvgIpc) is 2.32. The van der Waals surface area contributed by atoms with Crippen LogP contribution in [0.2, 0.25) is 5.02 Å². The highest BCUT2D eigenvalue weighted by molar-refractivity contribution is 6.32. The number of aryl methyl sites for hydroxylation is 1. The molecule has 0 bridgehead atoms. The Morgan fingerprint density at radius 2 is 2.00 bits per heavy atom. The number of carbonyl (C=O) groups is 1. The van der Waals surface area contributed by atoms with Gasteiger partial charge in [-0.05, 0) is 24.5 Å². The summed E-state index contributed by atoms with van der Waals surface area (Å²) in [5.41, 5.74) is 0.949. The maximum Gasteiger partial charge on any atom is 0.303 e. The molecule has 2 rings (SSSR count). The van der Waals surface area contributed by atoms with Crippen molar-refractivity contribution in [2.24, 2.45) is 0 Å². The van der Waals surface area contributed by atoms with Crippen molar-refractivity contribution in [3.05, 3.63) is 22.7 Å². The fraction of sp³-hybridized carbons (Fsp3) is 0.417. The van der Waals surface area contributed by atoms with E-state index in [1.807, 2.05) is 6.07 Å². The van der Waals surface area contributed by atoms with Crippen LogP contribution in [0.5, 0.6) is 11.5 Å². The summed E-state index contributed by atoms with van der Waals surface area (Å²) in [4.78, 5) is 10.5. The molecule has 0 saturated heterocycles.